The summed E-state index contributed by atoms with van der Waals surface area (Å²) in [5.74, 6) is 0.735. The summed E-state index contributed by atoms with van der Waals surface area (Å²) in [6.07, 6.45) is 4.35. The van der Waals surface area contributed by atoms with Gasteiger partial charge in [0.25, 0.3) is 0 Å². The van der Waals surface area contributed by atoms with Crippen molar-refractivity contribution in [1.82, 2.24) is 15.1 Å². The summed E-state index contributed by atoms with van der Waals surface area (Å²) >= 11 is 0. The van der Waals surface area contributed by atoms with E-state index in [0.29, 0.717) is 36.5 Å². The Bertz CT molecular complexity index is 838. The van der Waals surface area contributed by atoms with Crippen molar-refractivity contribution in [2.75, 3.05) is 0 Å². The molecule has 0 fully saturated rings. The average Bonchev–Trinajstić information content (AvgIpc) is 3.20. The van der Waals surface area contributed by atoms with E-state index in [0.717, 1.165) is 5.56 Å². The van der Waals surface area contributed by atoms with Gasteiger partial charge in [0.15, 0.2) is 0 Å². The van der Waals surface area contributed by atoms with Crippen LogP contribution in [0.4, 0.5) is 4.39 Å². The van der Waals surface area contributed by atoms with Gasteiger partial charge in [0.05, 0.1) is 11.8 Å². The lowest BCUT2D eigenvalue weighted by Gasteiger charge is -2.02. The van der Waals surface area contributed by atoms with Crippen LogP contribution in [0, 0.1) is 5.82 Å². The molecule has 0 radical (unpaired) electrons. The summed E-state index contributed by atoms with van der Waals surface area (Å²) in [4.78, 5) is 11.9. The highest BCUT2D eigenvalue weighted by molar-refractivity contribution is 5.76. The summed E-state index contributed by atoms with van der Waals surface area (Å²) in [5, 5.41) is 6.88. The maximum absolute atomic E-state index is 13.7. The van der Waals surface area contributed by atoms with E-state index in [1.54, 1.807) is 41.2 Å². The zero-order valence-corrected chi connectivity index (χ0v) is 13.3. The summed E-state index contributed by atoms with van der Waals surface area (Å²) in [7, 11) is 1.83. The van der Waals surface area contributed by atoms with Crippen LogP contribution in [0.3, 0.4) is 0 Å². The number of furan rings is 1. The molecule has 0 aliphatic heterocycles. The molecule has 3 rings (SSSR count). The lowest BCUT2D eigenvalue weighted by molar-refractivity contribution is -0.121. The molecule has 0 bridgehead atoms. The number of carbonyl (C=O) groups is 1. The first-order valence-electron chi connectivity index (χ1n) is 7.69. The van der Waals surface area contributed by atoms with Crippen molar-refractivity contribution in [3.8, 4) is 11.3 Å². The molecule has 2 aromatic heterocycles. The Labute approximate surface area is 139 Å². The molecule has 1 aromatic carbocycles. The number of benzene rings is 1. The number of halogens is 1. The minimum absolute atomic E-state index is 0.0669. The van der Waals surface area contributed by atoms with Crippen molar-refractivity contribution in [2.45, 2.75) is 19.4 Å². The number of hydrogen-bond donors (Lipinski definition) is 1. The molecule has 0 aliphatic carbocycles. The fourth-order valence-electron chi connectivity index (χ4n) is 2.41. The zero-order valence-electron chi connectivity index (χ0n) is 13.3. The Kier molecular flexibility index (Phi) is 4.74. The molecule has 5 nitrogen and oxygen atoms in total. The SMILES string of the molecule is Cn1cc(CNC(=O)CCc2ccc(-c3ccccc3F)o2)cn1. The number of rotatable bonds is 6. The Morgan fingerprint density at radius 2 is 2.12 bits per heavy atom. The molecular weight excluding hydrogens is 309 g/mol. The van der Waals surface area contributed by atoms with E-state index in [-0.39, 0.29) is 11.7 Å². The molecule has 1 amide bonds. The highest BCUT2D eigenvalue weighted by Gasteiger charge is 2.10. The second kappa shape index (κ2) is 7.12. The minimum atomic E-state index is -0.326. The van der Waals surface area contributed by atoms with Crippen LogP contribution < -0.4 is 5.32 Å². The molecule has 0 saturated heterocycles. The van der Waals surface area contributed by atoms with Gasteiger partial charge in [-0.1, -0.05) is 12.1 Å². The maximum Gasteiger partial charge on any atom is 0.220 e. The van der Waals surface area contributed by atoms with Gasteiger partial charge in [-0.15, -0.1) is 0 Å². The molecule has 2 heterocycles. The van der Waals surface area contributed by atoms with Gasteiger partial charge in [-0.25, -0.2) is 4.39 Å². The number of nitrogens with one attached hydrogen (secondary N) is 1. The van der Waals surface area contributed by atoms with E-state index < -0.39 is 0 Å². The predicted molar refractivity (Wildman–Crippen MR) is 87.5 cm³/mol. The van der Waals surface area contributed by atoms with Gasteiger partial charge < -0.3 is 9.73 Å². The van der Waals surface area contributed by atoms with Gasteiger partial charge in [-0.05, 0) is 24.3 Å². The number of nitrogens with zero attached hydrogens (tertiary/aromatic N) is 2. The third kappa shape index (κ3) is 3.90. The van der Waals surface area contributed by atoms with Crippen LogP contribution >= 0.6 is 0 Å². The van der Waals surface area contributed by atoms with Crippen LogP contribution in [0.5, 0.6) is 0 Å². The van der Waals surface area contributed by atoms with Gasteiger partial charge >= 0.3 is 0 Å². The Morgan fingerprint density at radius 3 is 2.88 bits per heavy atom. The van der Waals surface area contributed by atoms with Crippen LogP contribution in [0.1, 0.15) is 17.7 Å². The fraction of sp³-hybridized carbons (Fsp3) is 0.222. The average molecular weight is 327 g/mol. The molecule has 0 atom stereocenters. The number of hydrogen-bond acceptors (Lipinski definition) is 3. The van der Waals surface area contributed by atoms with Crippen molar-refractivity contribution >= 4 is 5.91 Å². The predicted octanol–water partition coefficient (Wildman–Crippen LogP) is 3.07. The maximum atomic E-state index is 13.7. The van der Waals surface area contributed by atoms with Crippen molar-refractivity contribution in [2.24, 2.45) is 7.05 Å². The summed E-state index contributed by atoms with van der Waals surface area (Å²) in [6.45, 7) is 0.450. The summed E-state index contributed by atoms with van der Waals surface area (Å²) in [6, 6.07) is 9.95. The van der Waals surface area contributed by atoms with E-state index in [1.807, 2.05) is 13.2 Å². The Morgan fingerprint density at radius 1 is 1.29 bits per heavy atom. The van der Waals surface area contributed by atoms with Crippen molar-refractivity contribution in [3.05, 3.63) is 65.9 Å². The number of aryl methyl sites for hydroxylation is 2. The molecule has 0 unspecified atom stereocenters. The first kappa shape index (κ1) is 16.0. The Balaban J connectivity index is 1.52. The molecule has 0 saturated carbocycles. The first-order chi connectivity index (χ1) is 11.6. The van der Waals surface area contributed by atoms with E-state index in [4.69, 9.17) is 4.42 Å². The highest BCUT2D eigenvalue weighted by Crippen LogP contribution is 2.25. The van der Waals surface area contributed by atoms with Gasteiger partial charge in [0.2, 0.25) is 5.91 Å². The zero-order chi connectivity index (χ0) is 16.9. The molecule has 0 spiro atoms. The number of amides is 1. The lowest BCUT2D eigenvalue weighted by atomic mass is 10.1. The smallest absolute Gasteiger partial charge is 0.220 e. The van der Waals surface area contributed by atoms with Gasteiger partial charge in [-0.2, -0.15) is 5.10 Å². The van der Waals surface area contributed by atoms with Gasteiger partial charge in [0, 0.05) is 38.2 Å². The largest absolute Gasteiger partial charge is 0.461 e. The standard InChI is InChI=1S/C18H18FN3O2/c1-22-12-13(11-21-22)10-20-18(23)9-7-14-6-8-17(24-14)15-4-2-3-5-16(15)19/h2-6,8,11-12H,7,9-10H2,1H3,(H,20,23). The van der Waals surface area contributed by atoms with Crippen molar-refractivity contribution in [1.29, 1.82) is 0 Å². The quantitative estimate of drug-likeness (QED) is 0.757. The topological polar surface area (TPSA) is 60.1 Å². The summed E-state index contributed by atoms with van der Waals surface area (Å²) < 4.78 is 21.1. The third-order valence-electron chi connectivity index (χ3n) is 3.65. The second-order valence-corrected chi connectivity index (χ2v) is 5.54. The third-order valence-corrected chi connectivity index (χ3v) is 3.65. The molecule has 6 heteroatoms. The molecular formula is C18H18FN3O2. The first-order valence-corrected chi connectivity index (χ1v) is 7.69. The van der Waals surface area contributed by atoms with E-state index in [1.165, 1.54) is 6.07 Å². The highest BCUT2D eigenvalue weighted by atomic mass is 19.1. The van der Waals surface area contributed by atoms with E-state index >= 15 is 0 Å². The van der Waals surface area contributed by atoms with E-state index in [9.17, 15) is 9.18 Å². The lowest BCUT2D eigenvalue weighted by Crippen LogP contribution is -2.22. The van der Waals surface area contributed by atoms with Crippen LogP contribution in [0.15, 0.2) is 53.2 Å². The molecule has 0 aliphatic rings. The normalized spacial score (nSPS) is 10.8. The fourth-order valence-corrected chi connectivity index (χ4v) is 2.41. The Hall–Kier alpha value is -2.89. The van der Waals surface area contributed by atoms with Crippen molar-refractivity contribution < 1.29 is 13.6 Å². The van der Waals surface area contributed by atoms with Crippen LogP contribution in [-0.2, 0) is 24.8 Å². The van der Waals surface area contributed by atoms with Crippen molar-refractivity contribution in [3.63, 3.8) is 0 Å². The number of carbonyl (C=O) groups excluding carboxylic acids is 1. The monoisotopic (exact) mass is 327 g/mol. The van der Waals surface area contributed by atoms with Crippen LogP contribution in [0.25, 0.3) is 11.3 Å². The minimum Gasteiger partial charge on any atom is -0.461 e. The van der Waals surface area contributed by atoms with Gasteiger partial charge in [-0.3, -0.25) is 9.48 Å². The second-order valence-electron chi connectivity index (χ2n) is 5.54. The molecule has 1 N–H and O–H groups in total. The molecule has 124 valence electrons. The van der Waals surface area contributed by atoms with Gasteiger partial charge in [0.1, 0.15) is 17.3 Å². The number of aromatic nitrogens is 2. The molecule has 3 aromatic rings. The van der Waals surface area contributed by atoms with Crippen LogP contribution in [0.2, 0.25) is 0 Å². The van der Waals surface area contributed by atoms with E-state index in [2.05, 4.69) is 10.4 Å². The van der Waals surface area contributed by atoms with Crippen LogP contribution in [-0.4, -0.2) is 15.7 Å². The molecule has 24 heavy (non-hydrogen) atoms. The summed E-state index contributed by atoms with van der Waals surface area (Å²) in [5.41, 5.74) is 1.37.